The summed E-state index contributed by atoms with van der Waals surface area (Å²) in [6.07, 6.45) is 1.51. The van der Waals surface area contributed by atoms with Gasteiger partial charge in [-0.05, 0) is 31.9 Å². The van der Waals surface area contributed by atoms with Crippen molar-refractivity contribution in [1.82, 2.24) is 20.0 Å². The Hall–Kier alpha value is -2.90. The van der Waals surface area contributed by atoms with E-state index in [2.05, 4.69) is 10.2 Å². The van der Waals surface area contributed by atoms with Gasteiger partial charge in [0.2, 0.25) is 11.8 Å². The number of carbonyl (C=O) groups excluding carboxylic acids is 2. The van der Waals surface area contributed by atoms with Crippen LogP contribution in [0.4, 0.5) is 6.01 Å². The van der Waals surface area contributed by atoms with Crippen LogP contribution in [-0.4, -0.2) is 72.1 Å². The predicted molar refractivity (Wildman–Crippen MR) is 112 cm³/mol. The average Bonchev–Trinajstić information content (AvgIpc) is 3.26. The standard InChI is InChI=1S/C22H29N5O3/c1-15-6-8-17(9-7-15)19(28)26-11-5-10-22(20(29)25(3)4)14-27(13-18(22)12-26)21-24-23-16(2)30-21/h6-9,18H,5,10-14H2,1-4H3/t18-,22-/m1/s1. The van der Waals surface area contributed by atoms with Crippen LogP contribution in [0.2, 0.25) is 0 Å². The van der Waals surface area contributed by atoms with Gasteiger partial charge in [-0.25, -0.2) is 0 Å². The highest BCUT2D eigenvalue weighted by Crippen LogP contribution is 2.45. The first-order chi connectivity index (χ1) is 14.3. The van der Waals surface area contributed by atoms with Gasteiger partial charge in [0.25, 0.3) is 5.91 Å². The van der Waals surface area contributed by atoms with Gasteiger partial charge in [0, 0.05) is 58.7 Å². The van der Waals surface area contributed by atoms with Crippen LogP contribution in [0.3, 0.4) is 0 Å². The smallest absolute Gasteiger partial charge is 0.318 e. The quantitative estimate of drug-likeness (QED) is 0.770. The predicted octanol–water partition coefficient (Wildman–Crippen LogP) is 2.13. The molecule has 4 rings (SSSR count). The molecule has 1 aromatic heterocycles. The number of amides is 2. The summed E-state index contributed by atoms with van der Waals surface area (Å²) >= 11 is 0. The molecule has 0 spiro atoms. The van der Waals surface area contributed by atoms with Crippen molar-refractivity contribution in [3.8, 4) is 0 Å². The molecule has 0 aliphatic carbocycles. The summed E-state index contributed by atoms with van der Waals surface area (Å²) in [4.78, 5) is 32.1. The molecule has 2 saturated heterocycles. The largest absolute Gasteiger partial charge is 0.408 e. The van der Waals surface area contributed by atoms with Gasteiger partial charge in [-0.15, -0.1) is 5.10 Å². The Morgan fingerprint density at radius 1 is 1.13 bits per heavy atom. The van der Waals surface area contributed by atoms with Crippen LogP contribution >= 0.6 is 0 Å². The molecule has 2 amide bonds. The maximum absolute atomic E-state index is 13.3. The first kappa shape index (κ1) is 20.4. The third-order valence-electron chi connectivity index (χ3n) is 6.39. The molecular formula is C22H29N5O3. The van der Waals surface area contributed by atoms with Crippen molar-refractivity contribution in [3.63, 3.8) is 0 Å². The maximum atomic E-state index is 13.3. The van der Waals surface area contributed by atoms with Crippen molar-refractivity contribution in [1.29, 1.82) is 0 Å². The van der Waals surface area contributed by atoms with Crippen LogP contribution in [0.25, 0.3) is 0 Å². The third kappa shape index (κ3) is 3.55. The molecule has 2 aliphatic heterocycles. The molecule has 2 fully saturated rings. The second-order valence-electron chi connectivity index (χ2n) is 8.76. The van der Waals surface area contributed by atoms with Crippen molar-refractivity contribution >= 4 is 17.8 Å². The zero-order valence-electron chi connectivity index (χ0n) is 18.1. The summed E-state index contributed by atoms with van der Waals surface area (Å²) < 4.78 is 5.64. The molecule has 2 aromatic rings. The highest BCUT2D eigenvalue weighted by atomic mass is 16.4. The minimum Gasteiger partial charge on any atom is -0.408 e. The van der Waals surface area contributed by atoms with E-state index in [9.17, 15) is 9.59 Å². The lowest BCUT2D eigenvalue weighted by Crippen LogP contribution is -2.47. The Morgan fingerprint density at radius 2 is 1.87 bits per heavy atom. The Kier molecular flexibility index (Phi) is 5.26. The number of fused-ring (bicyclic) bond motifs is 1. The molecule has 0 bridgehead atoms. The van der Waals surface area contributed by atoms with Gasteiger partial charge in [-0.1, -0.05) is 22.8 Å². The Bertz CT molecular complexity index is 939. The second kappa shape index (κ2) is 7.74. The Balaban J connectivity index is 1.63. The molecule has 3 heterocycles. The van der Waals surface area contributed by atoms with Gasteiger partial charge >= 0.3 is 6.01 Å². The van der Waals surface area contributed by atoms with Crippen LogP contribution in [0.5, 0.6) is 0 Å². The fourth-order valence-corrected chi connectivity index (χ4v) is 4.85. The normalized spacial score (nSPS) is 23.8. The summed E-state index contributed by atoms with van der Waals surface area (Å²) in [5, 5.41) is 8.10. The lowest BCUT2D eigenvalue weighted by atomic mass is 9.74. The monoisotopic (exact) mass is 411 g/mol. The van der Waals surface area contributed by atoms with Crippen LogP contribution in [0.15, 0.2) is 28.7 Å². The minimum absolute atomic E-state index is 0.00324. The van der Waals surface area contributed by atoms with Crippen molar-refractivity contribution in [3.05, 3.63) is 41.3 Å². The zero-order valence-corrected chi connectivity index (χ0v) is 18.1. The van der Waals surface area contributed by atoms with Gasteiger partial charge in [0.05, 0.1) is 5.41 Å². The molecule has 0 radical (unpaired) electrons. The molecular weight excluding hydrogens is 382 g/mol. The van der Waals surface area contributed by atoms with Gasteiger partial charge < -0.3 is 19.1 Å². The first-order valence-corrected chi connectivity index (χ1v) is 10.4. The molecule has 8 heteroatoms. The number of nitrogens with zero attached hydrogens (tertiary/aromatic N) is 5. The molecule has 30 heavy (non-hydrogen) atoms. The summed E-state index contributed by atoms with van der Waals surface area (Å²) in [5.41, 5.74) is 1.25. The van der Waals surface area contributed by atoms with Crippen LogP contribution in [0, 0.1) is 25.2 Å². The molecule has 8 nitrogen and oxygen atoms in total. The average molecular weight is 412 g/mol. The molecule has 1 aromatic carbocycles. The number of anilines is 1. The van der Waals surface area contributed by atoms with E-state index in [1.54, 1.807) is 25.9 Å². The van der Waals surface area contributed by atoms with Crippen molar-refractivity contribution in [2.75, 3.05) is 45.2 Å². The van der Waals surface area contributed by atoms with E-state index in [4.69, 9.17) is 4.42 Å². The second-order valence-corrected chi connectivity index (χ2v) is 8.76. The number of aromatic nitrogens is 2. The minimum atomic E-state index is -0.561. The summed E-state index contributed by atoms with van der Waals surface area (Å²) in [7, 11) is 3.60. The molecule has 160 valence electrons. The Labute approximate surface area is 176 Å². The van der Waals surface area contributed by atoms with Gasteiger partial charge in [0.1, 0.15) is 0 Å². The number of hydrogen-bond acceptors (Lipinski definition) is 6. The number of aryl methyl sites for hydroxylation is 2. The van der Waals surface area contributed by atoms with E-state index in [1.165, 1.54) is 0 Å². The van der Waals surface area contributed by atoms with E-state index in [0.29, 0.717) is 43.6 Å². The van der Waals surface area contributed by atoms with E-state index >= 15 is 0 Å². The number of benzene rings is 1. The molecule has 0 saturated carbocycles. The number of hydrogen-bond donors (Lipinski definition) is 0. The fourth-order valence-electron chi connectivity index (χ4n) is 4.85. The fraction of sp³-hybridized carbons (Fsp3) is 0.545. The van der Waals surface area contributed by atoms with E-state index in [0.717, 1.165) is 18.4 Å². The first-order valence-electron chi connectivity index (χ1n) is 10.4. The molecule has 2 atom stereocenters. The van der Waals surface area contributed by atoms with Crippen molar-refractivity contribution in [2.45, 2.75) is 26.7 Å². The lowest BCUT2D eigenvalue weighted by Gasteiger charge is -2.34. The number of carbonyl (C=O) groups is 2. The molecule has 0 unspecified atom stereocenters. The zero-order chi connectivity index (χ0) is 21.5. The maximum Gasteiger partial charge on any atom is 0.318 e. The van der Waals surface area contributed by atoms with Crippen LogP contribution < -0.4 is 4.90 Å². The topological polar surface area (TPSA) is 82.8 Å². The van der Waals surface area contributed by atoms with Crippen molar-refractivity contribution < 1.29 is 14.0 Å². The SMILES string of the molecule is Cc1ccc(C(=O)N2CCC[C@@]3(C(=O)N(C)C)CN(c4nnc(C)o4)C[C@H]3C2)cc1. The summed E-state index contributed by atoms with van der Waals surface area (Å²) in [5.74, 6) is 0.629. The lowest BCUT2D eigenvalue weighted by molar-refractivity contribution is -0.141. The summed E-state index contributed by atoms with van der Waals surface area (Å²) in [6.45, 7) is 6.10. The molecule has 2 aliphatic rings. The van der Waals surface area contributed by atoms with Gasteiger partial charge in [0.15, 0.2) is 0 Å². The number of likely N-dealkylation sites (tertiary alicyclic amines) is 1. The van der Waals surface area contributed by atoms with E-state index in [-0.39, 0.29) is 17.7 Å². The van der Waals surface area contributed by atoms with Crippen molar-refractivity contribution in [2.24, 2.45) is 11.3 Å². The van der Waals surface area contributed by atoms with E-state index in [1.807, 2.05) is 41.0 Å². The van der Waals surface area contributed by atoms with Gasteiger partial charge in [-0.3, -0.25) is 9.59 Å². The Morgan fingerprint density at radius 3 is 2.50 bits per heavy atom. The van der Waals surface area contributed by atoms with Crippen LogP contribution in [-0.2, 0) is 4.79 Å². The molecule has 0 N–H and O–H groups in total. The highest BCUT2D eigenvalue weighted by Gasteiger charge is 2.55. The van der Waals surface area contributed by atoms with Crippen LogP contribution in [0.1, 0.15) is 34.7 Å². The highest BCUT2D eigenvalue weighted by molar-refractivity contribution is 5.94. The third-order valence-corrected chi connectivity index (χ3v) is 6.39. The summed E-state index contributed by atoms with van der Waals surface area (Å²) in [6, 6.07) is 8.12. The number of rotatable bonds is 3. The van der Waals surface area contributed by atoms with E-state index < -0.39 is 5.41 Å². The van der Waals surface area contributed by atoms with Gasteiger partial charge in [-0.2, -0.15) is 0 Å².